The molecule has 6 nitrogen and oxygen atoms in total. The van der Waals surface area contributed by atoms with Gasteiger partial charge in [0.2, 0.25) is 0 Å². The second kappa shape index (κ2) is 5.73. The molecule has 2 aromatic carbocycles. The van der Waals surface area contributed by atoms with Gasteiger partial charge in [-0.15, -0.1) is 0 Å². The molecule has 25 heavy (non-hydrogen) atoms. The maximum atomic E-state index is 12.6. The van der Waals surface area contributed by atoms with E-state index in [2.05, 4.69) is 0 Å². The first-order chi connectivity index (χ1) is 12.1. The van der Waals surface area contributed by atoms with Gasteiger partial charge in [-0.3, -0.25) is 19.4 Å². The summed E-state index contributed by atoms with van der Waals surface area (Å²) in [6, 6.07) is 13.7. The van der Waals surface area contributed by atoms with E-state index in [1.54, 1.807) is 24.3 Å². The molecule has 2 aromatic rings. The highest BCUT2D eigenvalue weighted by molar-refractivity contribution is 6.21. The molecule has 0 saturated carbocycles. The average Bonchev–Trinajstić information content (AvgIpc) is 2.87. The quantitative estimate of drug-likeness (QED) is 0.855. The van der Waals surface area contributed by atoms with E-state index < -0.39 is 12.1 Å². The van der Waals surface area contributed by atoms with Crippen LogP contribution >= 0.6 is 0 Å². The zero-order chi connectivity index (χ0) is 17.6. The number of imide groups is 1. The van der Waals surface area contributed by atoms with Crippen LogP contribution in [0, 0.1) is 0 Å². The number of hydrogen-bond donors (Lipinski definition) is 1. The Kier molecular flexibility index (Phi) is 3.53. The van der Waals surface area contributed by atoms with Crippen molar-refractivity contribution in [2.75, 3.05) is 13.1 Å². The molecule has 0 saturated heterocycles. The molecule has 1 N–H and O–H groups in total. The number of hydrogen-bond acceptors (Lipinski definition) is 3. The Hall–Kier alpha value is -3.15. The Labute approximate surface area is 144 Å². The fourth-order valence-corrected chi connectivity index (χ4v) is 3.66. The van der Waals surface area contributed by atoms with Gasteiger partial charge in [0.25, 0.3) is 11.8 Å². The maximum absolute atomic E-state index is 12.6. The van der Waals surface area contributed by atoms with Crippen LogP contribution in [0.2, 0.25) is 0 Å². The summed E-state index contributed by atoms with van der Waals surface area (Å²) < 4.78 is 0. The zero-order valence-electron chi connectivity index (χ0n) is 13.4. The molecule has 2 aliphatic rings. The molecule has 0 unspecified atom stereocenters. The number of amides is 3. The fourth-order valence-electron chi connectivity index (χ4n) is 3.66. The minimum absolute atomic E-state index is 0.0235. The molecule has 3 amide bonds. The summed E-state index contributed by atoms with van der Waals surface area (Å²) >= 11 is 0. The van der Waals surface area contributed by atoms with E-state index in [1.807, 2.05) is 24.3 Å². The molecule has 2 heterocycles. The molecule has 0 aromatic heterocycles. The topological polar surface area (TPSA) is 77.9 Å². The van der Waals surface area contributed by atoms with E-state index in [-0.39, 0.29) is 18.4 Å². The number of nitrogens with zero attached hydrogens (tertiary/aromatic N) is 2. The highest BCUT2D eigenvalue weighted by atomic mass is 16.4. The third-order valence-electron chi connectivity index (χ3n) is 4.89. The van der Waals surface area contributed by atoms with Crippen LogP contribution in [0.1, 0.15) is 37.9 Å². The number of carbonyl (C=O) groups excluding carboxylic acids is 2. The van der Waals surface area contributed by atoms with E-state index in [1.165, 1.54) is 4.90 Å². The van der Waals surface area contributed by atoms with Gasteiger partial charge < -0.3 is 5.11 Å². The minimum atomic E-state index is -1.05. The Morgan fingerprint density at radius 2 is 1.60 bits per heavy atom. The summed E-state index contributed by atoms with van der Waals surface area (Å²) in [6.07, 6.45) is -0.419. The van der Waals surface area contributed by atoms with Crippen molar-refractivity contribution in [2.24, 2.45) is 0 Å². The lowest BCUT2D eigenvalue weighted by Crippen LogP contribution is -2.46. The maximum Gasteiger partial charge on any atom is 0.407 e. The predicted molar refractivity (Wildman–Crippen MR) is 89.4 cm³/mol. The van der Waals surface area contributed by atoms with Crippen LogP contribution in [0.25, 0.3) is 0 Å². The summed E-state index contributed by atoms with van der Waals surface area (Å²) in [5.74, 6) is -0.733. The van der Waals surface area contributed by atoms with E-state index in [0.717, 1.165) is 16.0 Å². The molecule has 0 fully saturated rings. The minimum Gasteiger partial charge on any atom is -0.465 e. The lowest BCUT2D eigenvalue weighted by molar-refractivity contribution is 0.0569. The number of fused-ring (bicyclic) bond motifs is 2. The summed E-state index contributed by atoms with van der Waals surface area (Å²) in [6.45, 7) is 0.371. The molecule has 0 spiro atoms. The Morgan fingerprint density at radius 3 is 2.24 bits per heavy atom. The summed E-state index contributed by atoms with van der Waals surface area (Å²) in [5.41, 5.74) is 2.66. The summed E-state index contributed by atoms with van der Waals surface area (Å²) in [4.78, 5) is 39.4. The molecular weight excluding hydrogens is 320 g/mol. The lowest BCUT2D eigenvalue weighted by Gasteiger charge is -2.37. The second-order valence-electron chi connectivity index (χ2n) is 6.21. The van der Waals surface area contributed by atoms with Crippen molar-refractivity contribution >= 4 is 17.9 Å². The van der Waals surface area contributed by atoms with Crippen LogP contribution in [0.3, 0.4) is 0 Å². The molecule has 2 aliphatic heterocycles. The normalized spacial score (nSPS) is 19.0. The molecular formula is C19H16N2O4. The van der Waals surface area contributed by atoms with Crippen molar-refractivity contribution in [3.8, 4) is 0 Å². The molecule has 126 valence electrons. The number of carboxylic acid groups (broad SMARTS) is 1. The van der Waals surface area contributed by atoms with Crippen LogP contribution in [0.15, 0.2) is 48.5 Å². The molecule has 6 heteroatoms. The van der Waals surface area contributed by atoms with Gasteiger partial charge in [-0.05, 0) is 29.7 Å². The third kappa shape index (κ3) is 2.38. The van der Waals surface area contributed by atoms with Crippen LogP contribution in [0.5, 0.6) is 0 Å². The predicted octanol–water partition coefficient (Wildman–Crippen LogP) is 2.56. The van der Waals surface area contributed by atoms with Gasteiger partial charge in [0.05, 0.1) is 23.7 Å². The lowest BCUT2D eigenvalue weighted by atomic mass is 9.92. The van der Waals surface area contributed by atoms with Gasteiger partial charge in [0, 0.05) is 6.54 Å². The molecule has 0 bridgehead atoms. The fraction of sp³-hybridized carbons (Fsp3) is 0.211. The smallest absolute Gasteiger partial charge is 0.407 e. The van der Waals surface area contributed by atoms with E-state index >= 15 is 0 Å². The second-order valence-corrected chi connectivity index (χ2v) is 6.21. The van der Waals surface area contributed by atoms with Gasteiger partial charge >= 0.3 is 6.09 Å². The van der Waals surface area contributed by atoms with Gasteiger partial charge in [-0.1, -0.05) is 36.4 Å². The number of carbonyl (C=O) groups is 3. The number of benzene rings is 2. The van der Waals surface area contributed by atoms with Crippen LogP contribution in [-0.4, -0.2) is 45.9 Å². The first-order valence-electron chi connectivity index (χ1n) is 8.10. The van der Waals surface area contributed by atoms with Gasteiger partial charge in [0.1, 0.15) is 0 Å². The van der Waals surface area contributed by atoms with Crippen molar-refractivity contribution in [2.45, 2.75) is 12.5 Å². The van der Waals surface area contributed by atoms with Crippen molar-refractivity contribution in [1.29, 1.82) is 0 Å². The van der Waals surface area contributed by atoms with E-state index in [9.17, 15) is 19.5 Å². The standard InChI is InChI=1S/C19H16N2O4/c22-17-14-7-3-4-8-15(14)18(23)21(17)11-16-13-6-2-1-5-12(13)9-10-20(16)19(24)25/h1-8,16H,9-11H2,(H,24,25)/t16-/m0/s1. The van der Waals surface area contributed by atoms with Gasteiger partial charge in [-0.25, -0.2) is 4.79 Å². The van der Waals surface area contributed by atoms with E-state index in [4.69, 9.17) is 0 Å². The Morgan fingerprint density at radius 1 is 1.00 bits per heavy atom. The largest absolute Gasteiger partial charge is 0.465 e. The van der Waals surface area contributed by atoms with Crippen molar-refractivity contribution in [3.63, 3.8) is 0 Å². The Balaban J connectivity index is 1.71. The van der Waals surface area contributed by atoms with Gasteiger partial charge in [-0.2, -0.15) is 0 Å². The third-order valence-corrected chi connectivity index (χ3v) is 4.89. The van der Waals surface area contributed by atoms with Crippen LogP contribution in [-0.2, 0) is 6.42 Å². The zero-order valence-corrected chi connectivity index (χ0v) is 13.4. The van der Waals surface area contributed by atoms with E-state index in [0.29, 0.717) is 24.1 Å². The highest BCUT2D eigenvalue weighted by Gasteiger charge is 2.40. The monoisotopic (exact) mass is 336 g/mol. The van der Waals surface area contributed by atoms with Crippen molar-refractivity contribution in [1.82, 2.24) is 9.80 Å². The van der Waals surface area contributed by atoms with Crippen molar-refractivity contribution in [3.05, 3.63) is 70.8 Å². The first kappa shape index (κ1) is 15.4. The molecule has 0 aliphatic carbocycles. The van der Waals surface area contributed by atoms with Crippen LogP contribution < -0.4 is 0 Å². The summed E-state index contributed by atoms with van der Waals surface area (Å²) in [5, 5.41) is 9.55. The Bertz CT molecular complexity index is 857. The SMILES string of the molecule is O=C1c2ccccc2C(=O)N1C[C@H]1c2ccccc2CCN1C(=O)O. The average molecular weight is 336 g/mol. The van der Waals surface area contributed by atoms with Crippen LogP contribution in [0.4, 0.5) is 4.79 Å². The molecule has 4 rings (SSSR count). The van der Waals surface area contributed by atoms with Gasteiger partial charge in [0.15, 0.2) is 0 Å². The first-order valence-corrected chi connectivity index (χ1v) is 8.10. The summed E-state index contributed by atoms with van der Waals surface area (Å²) in [7, 11) is 0. The highest BCUT2D eigenvalue weighted by Crippen LogP contribution is 2.33. The van der Waals surface area contributed by atoms with Crippen molar-refractivity contribution < 1.29 is 19.5 Å². The number of rotatable bonds is 2. The molecule has 0 radical (unpaired) electrons. The molecule has 1 atom stereocenters.